The molecule has 1 aromatic heterocycles. The number of nitrogens with two attached hydrogens (primary N) is 1. The van der Waals surface area contributed by atoms with Crippen molar-refractivity contribution in [1.29, 1.82) is 0 Å². The van der Waals surface area contributed by atoms with Gasteiger partial charge in [-0.25, -0.2) is 4.68 Å². The molecule has 1 fully saturated rings. The van der Waals surface area contributed by atoms with Crippen LogP contribution in [-0.2, 0) is 4.74 Å². The molecular formula is C11H19N5O2. The van der Waals surface area contributed by atoms with E-state index in [1.165, 1.54) is 6.20 Å². The van der Waals surface area contributed by atoms with E-state index in [9.17, 15) is 4.79 Å². The maximum atomic E-state index is 11.3. The van der Waals surface area contributed by atoms with Crippen LogP contribution in [0.1, 0.15) is 22.8 Å². The van der Waals surface area contributed by atoms with Gasteiger partial charge in [-0.2, -0.15) is 5.10 Å². The molecule has 1 aliphatic rings. The average molecular weight is 253 g/mol. The van der Waals surface area contributed by atoms with Gasteiger partial charge in [0.25, 0.3) is 5.91 Å². The first-order chi connectivity index (χ1) is 8.67. The molecule has 4 N–H and O–H groups in total. The molecule has 2 rings (SSSR count). The number of anilines is 1. The van der Waals surface area contributed by atoms with Gasteiger partial charge in [0.2, 0.25) is 0 Å². The van der Waals surface area contributed by atoms with Crippen LogP contribution in [-0.4, -0.2) is 49.0 Å². The van der Waals surface area contributed by atoms with E-state index in [0.29, 0.717) is 24.0 Å². The summed E-state index contributed by atoms with van der Waals surface area (Å²) in [5, 5.41) is 10.6. The standard InChI is InChI=1S/C11H19N5O2/c1-13-11-9(10(12)17)5-15-16(11)8-3-7(6-18-2)14-4-8/h5,7-8,13-14H,3-4,6H2,1-2H3,(H2,12,17)/t7-,8+/m1/s1. The van der Waals surface area contributed by atoms with Crippen LogP contribution >= 0.6 is 0 Å². The second-order valence-corrected chi connectivity index (χ2v) is 4.42. The van der Waals surface area contributed by atoms with Crippen molar-refractivity contribution in [3.05, 3.63) is 11.8 Å². The molecule has 0 bridgehead atoms. The number of ether oxygens (including phenoxy) is 1. The smallest absolute Gasteiger partial charge is 0.254 e. The van der Waals surface area contributed by atoms with Crippen LogP contribution in [0.3, 0.4) is 0 Å². The molecule has 1 aliphatic heterocycles. The van der Waals surface area contributed by atoms with Gasteiger partial charge in [-0.15, -0.1) is 0 Å². The van der Waals surface area contributed by atoms with Gasteiger partial charge in [-0.1, -0.05) is 0 Å². The van der Waals surface area contributed by atoms with E-state index in [1.54, 1.807) is 14.2 Å². The summed E-state index contributed by atoms with van der Waals surface area (Å²) in [5.74, 6) is 0.206. The normalized spacial score (nSPS) is 23.2. The summed E-state index contributed by atoms with van der Waals surface area (Å²) < 4.78 is 6.95. The van der Waals surface area contributed by atoms with Crippen molar-refractivity contribution in [3.8, 4) is 0 Å². The molecule has 0 saturated carbocycles. The van der Waals surface area contributed by atoms with Crippen molar-refractivity contribution >= 4 is 11.7 Å². The molecule has 100 valence electrons. The Kier molecular flexibility index (Phi) is 3.83. The van der Waals surface area contributed by atoms with Crippen molar-refractivity contribution in [2.45, 2.75) is 18.5 Å². The van der Waals surface area contributed by atoms with Gasteiger partial charge in [0.15, 0.2) is 0 Å². The van der Waals surface area contributed by atoms with Crippen LogP contribution < -0.4 is 16.4 Å². The van der Waals surface area contributed by atoms with Crippen LogP contribution in [0.4, 0.5) is 5.82 Å². The van der Waals surface area contributed by atoms with Crippen LogP contribution in [0.2, 0.25) is 0 Å². The van der Waals surface area contributed by atoms with E-state index in [2.05, 4.69) is 15.7 Å². The molecule has 1 amide bonds. The number of nitrogens with one attached hydrogen (secondary N) is 2. The molecule has 1 saturated heterocycles. The Labute approximate surface area is 106 Å². The number of hydrogen-bond donors (Lipinski definition) is 3. The van der Waals surface area contributed by atoms with Crippen molar-refractivity contribution in [3.63, 3.8) is 0 Å². The monoisotopic (exact) mass is 253 g/mol. The summed E-state index contributed by atoms with van der Waals surface area (Å²) in [5.41, 5.74) is 5.73. The number of methoxy groups -OCH3 is 1. The molecule has 2 heterocycles. The maximum absolute atomic E-state index is 11.3. The molecule has 18 heavy (non-hydrogen) atoms. The van der Waals surface area contributed by atoms with E-state index in [4.69, 9.17) is 10.5 Å². The Hall–Kier alpha value is -1.60. The van der Waals surface area contributed by atoms with E-state index in [-0.39, 0.29) is 6.04 Å². The Morgan fingerprint density at radius 1 is 1.78 bits per heavy atom. The highest BCUT2D eigenvalue weighted by atomic mass is 16.5. The number of aromatic nitrogens is 2. The first-order valence-electron chi connectivity index (χ1n) is 5.94. The third-order valence-corrected chi connectivity index (χ3v) is 3.21. The zero-order valence-electron chi connectivity index (χ0n) is 10.6. The predicted molar refractivity (Wildman–Crippen MR) is 67.6 cm³/mol. The van der Waals surface area contributed by atoms with Gasteiger partial charge >= 0.3 is 0 Å². The predicted octanol–water partition coefficient (Wildman–Crippen LogP) is -0.427. The van der Waals surface area contributed by atoms with Gasteiger partial charge in [0.05, 0.1) is 18.8 Å². The quantitative estimate of drug-likeness (QED) is 0.662. The lowest BCUT2D eigenvalue weighted by Gasteiger charge is -2.14. The van der Waals surface area contributed by atoms with E-state index < -0.39 is 5.91 Å². The van der Waals surface area contributed by atoms with Gasteiger partial charge < -0.3 is 21.1 Å². The number of hydrogen-bond acceptors (Lipinski definition) is 5. The van der Waals surface area contributed by atoms with Crippen LogP contribution in [0.5, 0.6) is 0 Å². The maximum Gasteiger partial charge on any atom is 0.254 e. The minimum atomic E-state index is -0.468. The van der Waals surface area contributed by atoms with Gasteiger partial charge in [0, 0.05) is 26.7 Å². The molecular weight excluding hydrogens is 234 g/mol. The summed E-state index contributed by atoms with van der Waals surface area (Å²) in [6.45, 7) is 1.48. The van der Waals surface area contributed by atoms with Crippen LogP contribution in [0.25, 0.3) is 0 Å². The zero-order valence-corrected chi connectivity index (χ0v) is 10.6. The van der Waals surface area contributed by atoms with Gasteiger partial charge in [0.1, 0.15) is 11.4 Å². The third-order valence-electron chi connectivity index (χ3n) is 3.21. The van der Waals surface area contributed by atoms with Crippen LogP contribution in [0, 0.1) is 0 Å². The second-order valence-electron chi connectivity index (χ2n) is 4.42. The molecule has 2 atom stereocenters. The highest BCUT2D eigenvalue weighted by Crippen LogP contribution is 2.25. The molecule has 0 aromatic carbocycles. The Bertz CT molecular complexity index is 431. The second kappa shape index (κ2) is 5.36. The van der Waals surface area contributed by atoms with Crippen molar-refractivity contribution in [1.82, 2.24) is 15.1 Å². The summed E-state index contributed by atoms with van der Waals surface area (Å²) >= 11 is 0. The number of primary amides is 1. The van der Waals surface area contributed by atoms with Crippen molar-refractivity contribution < 1.29 is 9.53 Å². The SMILES string of the molecule is CNc1c(C(N)=O)cnn1[C@@H]1CN[C@@H](COC)C1. The lowest BCUT2D eigenvalue weighted by atomic mass is 10.2. The average Bonchev–Trinajstić information content (AvgIpc) is 2.94. The Balaban J connectivity index is 2.17. The minimum Gasteiger partial charge on any atom is -0.383 e. The highest BCUT2D eigenvalue weighted by molar-refractivity contribution is 5.97. The number of carbonyl (C=O) groups is 1. The fraction of sp³-hybridized carbons (Fsp3) is 0.636. The molecule has 7 heteroatoms. The first kappa shape index (κ1) is 12.8. The number of carbonyl (C=O) groups excluding carboxylic acids is 1. The fourth-order valence-electron chi connectivity index (χ4n) is 2.38. The molecule has 0 radical (unpaired) electrons. The third kappa shape index (κ3) is 2.32. The van der Waals surface area contributed by atoms with Crippen molar-refractivity contribution in [2.75, 3.05) is 32.6 Å². The summed E-state index contributed by atoms with van der Waals surface area (Å²) in [6.07, 6.45) is 2.43. The molecule has 0 aliphatic carbocycles. The molecule has 0 spiro atoms. The molecule has 0 unspecified atom stereocenters. The van der Waals surface area contributed by atoms with E-state index >= 15 is 0 Å². The van der Waals surface area contributed by atoms with Gasteiger partial charge in [-0.05, 0) is 6.42 Å². The van der Waals surface area contributed by atoms with E-state index in [1.807, 2.05) is 4.68 Å². The Morgan fingerprint density at radius 3 is 3.17 bits per heavy atom. The minimum absolute atomic E-state index is 0.209. The van der Waals surface area contributed by atoms with E-state index in [0.717, 1.165) is 13.0 Å². The largest absolute Gasteiger partial charge is 0.383 e. The first-order valence-corrected chi connectivity index (χ1v) is 5.94. The van der Waals surface area contributed by atoms with Crippen molar-refractivity contribution in [2.24, 2.45) is 5.73 Å². The summed E-state index contributed by atoms with van der Waals surface area (Å²) in [4.78, 5) is 11.3. The number of amides is 1. The van der Waals surface area contributed by atoms with Gasteiger partial charge in [-0.3, -0.25) is 4.79 Å². The number of rotatable bonds is 5. The molecule has 7 nitrogen and oxygen atoms in total. The zero-order chi connectivity index (χ0) is 13.1. The topological polar surface area (TPSA) is 94.2 Å². The van der Waals surface area contributed by atoms with Crippen LogP contribution in [0.15, 0.2) is 6.20 Å². The lowest BCUT2D eigenvalue weighted by molar-refractivity contribution is 0.100. The summed E-state index contributed by atoms with van der Waals surface area (Å²) in [7, 11) is 3.45. The Morgan fingerprint density at radius 2 is 2.56 bits per heavy atom. The lowest BCUT2D eigenvalue weighted by Crippen LogP contribution is -2.25. The summed E-state index contributed by atoms with van der Waals surface area (Å²) in [6, 6.07) is 0.534. The fourth-order valence-corrected chi connectivity index (χ4v) is 2.38. The molecule has 1 aromatic rings. The highest BCUT2D eigenvalue weighted by Gasteiger charge is 2.28. The number of nitrogens with zero attached hydrogens (tertiary/aromatic N) is 2.